The van der Waals surface area contributed by atoms with Gasteiger partial charge in [0.15, 0.2) is 0 Å². The molecule has 1 aromatic rings. The molecule has 1 aromatic carbocycles. The minimum atomic E-state index is -2.54. The number of benzene rings is 1. The van der Waals surface area contributed by atoms with Crippen LogP contribution in [0, 0.1) is 0 Å². The van der Waals surface area contributed by atoms with Crippen LogP contribution in [0.25, 0.3) is 0 Å². The first-order chi connectivity index (χ1) is 6.02. The highest BCUT2D eigenvalue weighted by molar-refractivity contribution is 9.10. The molecule has 4 heteroatoms. The number of hydrogen-bond acceptors (Lipinski definition) is 1. The smallest absolute Gasteiger partial charge is 0.264 e. The summed E-state index contributed by atoms with van der Waals surface area (Å²) in [6.45, 7) is 1.47. The Kier molecular flexibility index (Phi) is 3.39. The van der Waals surface area contributed by atoms with Crippen molar-refractivity contribution in [1.29, 1.82) is 0 Å². The Bertz CT molecular complexity index is 300. The van der Waals surface area contributed by atoms with E-state index in [4.69, 9.17) is 0 Å². The molecule has 1 unspecified atom stereocenters. The first-order valence-corrected chi connectivity index (χ1v) is 4.57. The van der Waals surface area contributed by atoms with E-state index >= 15 is 0 Å². The second kappa shape index (κ2) is 4.15. The van der Waals surface area contributed by atoms with Crippen molar-refractivity contribution in [2.24, 2.45) is 0 Å². The van der Waals surface area contributed by atoms with Gasteiger partial charge >= 0.3 is 0 Å². The van der Waals surface area contributed by atoms with Crippen LogP contribution in [0.1, 0.15) is 30.6 Å². The van der Waals surface area contributed by atoms with E-state index in [0.717, 1.165) is 0 Å². The zero-order valence-corrected chi connectivity index (χ0v) is 8.55. The molecule has 0 aliphatic rings. The Labute approximate surface area is 83.5 Å². The van der Waals surface area contributed by atoms with Crippen LogP contribution in [-0.4, -0.2) is 5.11 Å². The van der Waals surface area contributed by atoms with E-state index in [0.29, 0.717) is 4.47 Å². The van der Waals surface area contributed by atoms with Crippen molar-refractivity contribution in [2.45, 2.75) is 19.5 Å². The molecule has 0 radical (unpaired) electrons. The first kappa shape index (κ1) is 10.6. The molecule has 0 aliphatic carbocycles. The van der Waals surface area contributed by atoms with Gasteiger partial charge in [0.2, 0.25) is 0 Å². The molecule has 0 saturated carbocycles. The molecular weight excluding hydrogens is 242 g/mol. The average molecular weight is 251 g/mol. The molecule has 1 N–H and O–H groups in total. The Morgan fingerprint density at radius 1 is 1.31 bits per heavy atom. The van der Waals surface area contributed by atoms with E-state index in [1.165, 1.54) is 25.1 Å². The minimum absolute atomic E-state index is 0.113. The fraction of sp³-hybridized carbons (Fsp3) is 0.333. The van der Waals surface area contributed by atoms with Gasteiger partial charge in [0.25, 0.3) is 6.43 Å². The molecular formula is C9H9BrF2O. The summed E-state index contributed by atoms with van der Waals surface area (Å²) in [5, 5.41) is 9.22. The molecule has 0 spiro atoms. The number of aliphatic hydroxyl groups excluding tert-OH is 1. The van der Waals surface area contributed by atoms with Gasteiger partial charge in [-0.2, -0.15) is 0 Å². The van der Waals surface area contributed by atoms with Crippen LogP contribution in [0.5, 0.6) is 0 Å². The van der Waals surface area contributed by atoms with Crippen molar-refractivity contribution < 1.29 is 13.9 Å². The van der Waals surface area contributed by atoms with E-state index < -0.39 is 12.5 Å². The van der Waals surface area contributed by atoms with Crippen molar-refractivity contribution in [3.63, 3.8) is 0 Å². The van der Waals surface area contributed by atoms with E-state index in [1.807, 2.05) is 0 Å². The van der Waals surface area contributed by atoms with Crippen molar-refractivity contribution in [1.82, 2.24) is 0 Å². The molecule has 13 heavy (non-hydrogen) atoms. The number of hydrogen-bond donors (Lipinski definition) is 1. The van der Waals surface area contributed by atoms with Crippen molar-refractivity contribution in [3.05, 3.63) is 33.8 Å². The summed E-state index contributed by atoms with van der Waals surface area (Å²) in [5.41, 5.74) is 0.155. The fourth-order valence-corrected chi connectivity index (χ4v) is 1.48. The lowest BCUT2D eigenvalue weighted by Gasteiger charge is -2.11. The van der Waals surface area contributed by atoms with Crippen LogP contribution in [0.3, 0.4) is 0 Å². The maximum Gasteiger partial charge on any atom is 0.264 e. The van der Waals surface area contributed by atoms with E-state index in [1.54, 1.807) is 0 Å². The SMILES string of the molecule is CC(O)c1cc(Br)ccc1C(F)F. The Morgan fingerprint density at radius 3 is 2.38 bits per heavy atom. The highest BCUT2D eigenvalue weighted by Gasteiger charge is 2.15. The summed E-state index contributed by atoms with van der Waals surface area (Å²) >= 11 is 3.16. The van der Waals surface area contributed by atoms with Gasteiger partial charge in [0.05, 0.1) is 6.10 Å². The zero-order valence-electron chi connectivity index (χ0n) is 6.97. The van der Waals surface area contributed by atoms with Gasteiger partial charge in [-0.3, -0.25) is 0 Å². The second-order valence-electron chi connectivity index (χ2n) is 2.75. The lowest BCUT2D eigenvalue weighted by molar-refractivity contribution is 0.140. The summed E-state index contributed by atoms with van der Waals surface area (Å²) in [5.74, 6) is 0. The molecule has 1 rings (SSSR count). The molecule has 0 fully saturated rings. The summed E-state index contributed by atoms with van der Waals surface area (Å²) in [6, 6.07) is 4.36. The lowest BCUT2D eigenvalue weighted by Crippen LogP contribution is -1.98. The third-order valence-corrected chi connectivity index (χ3v) is 2.23. The molecule has 0 heterocycles. The van der Waals surface area contributed by atoms with Gasteiger partial charge < -0.3 is 5.11 Å². The summed E-state index contributed by atoms with van der Waals surface area (Å²) in [6.07, 6.45) is -3.42. The van der Waals surface area contributed by atoms with Crippen LogP contribution in [-0.2, 0) is 0 Å². The molecule has 0 amide bonds. The number of aliphatic hydroxyl groups is 1. The molecule has 1 atom stereocenters. The predicted octanol–water partition coefficient (Wildman–Crippen LogP) is 3.44. The predicted molar refractivity (Wildman–Crippen MR) is 49.7 cm³/mol. The standard InChI is InChI=1S/C9H9BrF2O/c1-5(13)8-4-6(10)2-3-7(8)9(11)12/h2-5,9,13H,1H3. The van der Waals surface area contributed by atoms with Gasteiger partial charge in [-0.15, -0.1) is 0 Å². The first-order valence-electron chi connectivity index (χ1n) is 3.78. The summed E-state index contributed by atoms with van der Waals surface area (Å²) in [4.78, 5) is 0. The number of alkyl halides is 2. The normalized spacial score (nSPS) is 13.4. The zero-order chi connectivity index (χ0) is 10.0. The van der Waals surface area contributed by atoms with Crippen LogP contribution < -0.4 is 0 Å². The monoisotopic (exact) mass is 250 g/mol. The molecule has 0 bridgehead atoms. The van der Waals surface area contributed by atoms with E-state index in [9.17, 15) is 13.9 Å². The van der Waals surface area contributed by atoms with Crippen LogP contribution in [0.4, 0.5) is 8.78 Å². The van der Waals surface area contributed by atoms with Crippen LogP contribution in [0.15, 0.2) is 22.7 Å². The maximum absolute atomic E-state index is 12.4. The van der Waals surface area contributed by atoms with Gasteiger partial charge in [0.1, 0.15) is 0 Å². The van der Waals surface area contributed by atoms with Crippen molar-refractivity contribution >= 4 is 15.9 Å². The van der Waals surface area contributed by atoms with Gasteiger partial charge in [-0.05, 0) is 24.6 Å². The highest BCUT2D eigenvalue weighted by Crippen LogP contribution is 2.29. The fourth-order valence-electron chi connectivity index (χ4n) is 1.11. The highest BCUT2D eigenvalue weighted by atomic mass is 79.9. The van der Waals surface area contributed by atoms with Crippen molar-refractivity contribution in [3.8, 4) is 0 Å². The minimum Gasteiger partial charge on any atom is -0.389 e. The molecule has 1 nitrogen and oxygen atoms in total. The molecule has 72 valence electrons. The quantitative estimate of drug-likeness (QED) is 0.853. The summed E-state index contributed by atoms with van der Waals surface area (Å²) in [7, 11) is 0. The van der Waals surface area contributed by atoms with Crippen molar-refractivity contribution in [2.75, 3.05) is 0 Å². The molecule has 0 saturated heterocycles. The Morgan fingerprint density at radius 2 is 1.92 bits per heavy atom. The Balaban J connectivity index is 3.19. The lowest BCUT2D eigenvalue weighted by atomic mass is 10.0. The summed E-state index contributed by atoms with van der Waals surface area (Å²) < 4.78 is 25.5. The third kappa shape index (κ3) is 2.48. The number of rotatable bonds is 2. The van der Waals surface area contributed by atoms with E-state index in [-0.39, 0.29) is 11.1 Å². The topological polar surface area (TPSA) is 20.2 Å². The van der Waals surface area contributed by atoms with Crippen LogP contribution >= 0.6 is 15.9 Å². The molecule has 0 aromatic heterocycles. The van der Waals surface area contributed by atoms with Gasteiger partial charge in [0, 0.05) is 10.0 Å². The average Bonchev–Trinajstić information content (AvgIpc) is 2.03. The number of halogens is 3. The maximum atomic E-state index is 12.4. The van der Waals surface area contributed by atoms with Gasteiger partial charge in [-0.1, -0.05) is 22.0 Å². The largest absolute Gasteiger partial charge is 0.389 e. The molecule has 0 aliphatic heterocycles. The third-order valence-electron chi connectivity index (χ3n) is 1.73. The second-order valence-corrected chi connectivity index (χ2v) is 3.67. The van der Waals surface area contributed by atoms with E-state index in [2.05, 4.69) is 15.9 Å². The Hall–Kier alpha value is -0.480. The van der Waals surface area contributed by atoms with Gasteiger partial charge in [-0.25, -0.2) is 8.78 Å². The van der Waals surface area contributed by atoms with Crippen LogP contribution in [0.2, 0.25) is 0 Å².